The molecule has 156 valence electrons. The van der Waals surface area contributed by atoms with Crippen LogP contribution >= 0.6 is 12.4 Å². The number of piperidine rings is 1. The van der Waals surface area contributed by atoms with E-state index in [0.29, 0.717) is 6.54 Å². The van der Waals surface area contributed by atoms with Gasteiger partial charge in [-0.2, -0.15) is 0 Å². The van der Waals surface area contributed by atoms with Crippen molar-refractivity contribution in [3.63, 3.8) is 0 Å². The summed E-state index contributed by atoms with van der Waals surface area (Å²) in [6.45, 7) is 3.57. The third kappa shape index (κ3) is 4.68. The van der Waals surface area contributed by atoms with E-state index < -0.39 is 10.0 Å². The molecule has 29 heavy (non-hydrogen) atoms. The molecule has 1 saturated heterocycles. The Morgan fingerprint density at radius 3 is 2.34 bits per heavy atom. The van der Waals surface area contributed by atoms with Gasteiger partial charge in [-0.3, -0.25) is 4.31 Å². The van der Waals surface area contributed by atoms with Crippen LogP contribution in [0.15, 0.2) is 60.7 Å². The van der Waals surface area contributed by atoms with E-state index in [-0.39, 0.29) is 17.8 Å². The van der Waals surface area contributed by atoms with Gasteiger partial charge in [0.05, 0.1) is 11.9 Å². The predicted octanol–water partition coefficient (Wildman–Crippen LogP) is 4.33. The molecule has 1 heterocycles. The highest BCUT2D eigenvalue weighted by Gasteiger charge is 2.37. The monoisotopic (exact) mass is 432 g/mol. The van der Waals surface area contributed by atoms with Gasteiger partial charge < -0.3 is 4.90 Å². The summed E-state index contributed by atoms with van der Waals surface area (Å²) in [7, 11) is -3.27. The van der Waals surface area contributed by atoms with Crippen molar-refractivity contribution in [2.45, 2.75) is 24.7 Å². The van der Waals surface area contributed by atoms with Crippen LogP contribution in [0.5, 0.6) is 0 Å². The third-order valence-electron chi connectivity index (χ3n) is 6.11. The molecular formula is C23H29ClN2O2S. The van der Waals surface area contributed by atoms with Crippen molar-refractivity contribution in [3.05, 3.63) is 71.8 Å². The first-order chi connectivity index (χ1) is 13.5. The molecule has 4 rings (SSSR count). The molecule has 0 atom stereocenters. The first-order valence-corrected chi connectivity index (χ1v) is 11.9. The lowest BCUT2D eigenvalue weighted by atomic mass is 9.74. The average Bonchev–Trinajstić information content (AvgIpc) is 3.05. The number of nitrogens with zero attached hydrogens (tertiary/aromatic N) is 2. The van der Waals surface area contributed by atoms with Crippen molar-refractivity contribution >= 4 is 34.2 Å². The minimum atomic E-state index is -3.27. The molecule has 0 radical (unpaired) electrons. The van der Waals surface area contributed by atoms with Gasteiger partial charge in [0.1, 0.15) is 0 Å². The maximum absolute atomic E-state index is 12.2. The lowest BCUT2D eigenvalue weighted by molar-refractivity contribution is 0.183. The van der Waals surface area contributed by atoms with E-state index in [0.717, 1.165) is 44.6 Å². The third-order valence-corrected chi connectivity index (χ3v) is 7.30. The average molecular weight is 433 g/mol. The Hall–Kier alpha value is -1.82. The summed E-state index contributed by atoms with van der Waals surface area (Å²) in [5.74, 6) is 0. The second-order valence-corrected chi connectivity index (χ2v) is 9.85. The zero-order valence-corrected chi connectivity index (χ0v) is 18.5. The number of para-hydroxylation sites is 1. The SMILES string of the molecule is CS(=O)(=O)N(CCCN1CCC2(C=Cc3ccccc32)CC1)c1ccccc1.Cl. The number of halogens is 1. The van der Waals surface area contributed by atoms with Crippen LogP contribution in [-0.2, 0) is 15.4 Å². The molecule has 4 nitrogen and oxygen atoms in total. The second-order valence-electron chi connectivity index (χ2n) is 7.94. The summed E-state index contributed by atoms with van der Waals surface area (Å²) < 4.78 is 25.9. The maximum atomic E-state index is 12.2. The largest absolute Gasteiger partial charge is 0.303 e. The van der Waals surface area contributed by atoms with Gasteiger partial charge in [-0.15, -0.1) is 12.4 Å². The minimum absolute atomic E-state index is 0. The lowest BCUT2D eigenvalue weighted by Gasteiger charge is -2.39. The zero-order chi connectivity index (χ0) is 19.6. The molecule has 0 aromatic heterocycles. The van der Waals surface area contributed by atoms with Crippen LogP contribution in [0.3, 0.4) is 0 Å². The van der Waals surface area contributed by atoms with Crippen LogP contribution in [-0.4, -0.2) is 45.8 Å². The Morgan fingerprint density at radius 1 is 1.00 bits per heavy atom. The van der Waals surface area contributed by atoms with E-state index in [1.54, 1.807) is 0 Å². The van der Waals surface area contributed by atoms with Crippen molar-refractivity contribution in [3.8, 4) is 0 Å². The van der Waals surface area contributed by atoms with Crippen molar-refractivity contribution in [1.82, 2.24) is 4.90 Å². The van der Waals surface area contributed by atoms with E-state index in [1.807, 2.05) is 30.3 Å². The van der Waals surface area contributed by atoms with E-state index in [2.05, 4.69) is 41.3 Å². The number of hydrogen-bond donors (Lipinski definition) is 0. The smallest absolute Gasteiger partial charge is 0.232 e. The van der Waals surface area contributed by atoms with E-state index in [4.69, 9.17) is 0 Å². The number of rotatable bonds is 6. The van der Waals surface area contributed by atoms with Crippen molar-refractivity contribution in [2.24, 2.45) is 0 Å². The second kappa shape index (κ2) is 8.90. The van der Waals surface area contributed by atoms with Crippen molar-refractivity contribution in [2.75, 3.05) is 36.7 Å². The van der Waals surface area contributed by atoms with Gasteiger partial charge >= 0.3 is 0 Å². The summed E-state index contributed by atoms with van der Waals surface area (Å²) in [6, 6.07) is 18.1. The fourth-order valence-corrected chi connectivity index (χ4v) is 5.53. The first kappa shape index (κ1) is 21.9. The number of benzene rings is 2. The quantitative estimate of drug-likeness (QED) is 0.682. The number of sulfonamides is 1. The zero-order valence-electron chi connectivity index (χ0n) is 16.8. The molecule has 1 aliphatic heterocycles. The molecule has 0 saturated carbocycles. The molecule has 1 aliphatic carbocycles. The van der Waals surface area contributed by atoms with Gasteiger partial charge in [0.25, 0.3) is 0 Å². The summed E-state index contributed by atoms with van der Waals surface area (Å²) >= 11 is 0. The van der Waals surface area contributed by atoms with Gasteiger partial charge in [-0.1, -0.05) is 54.6 Å². The topological polar surface area (TPSA) is 40.6 Å². The number of hydrogen-bond acceptors (Lipinski definition) is 3. The van der Waals surface area contributed by atoms with E-state index in [1.165, 1.54) is 21.7 Å². The highest BCUT2D eigenvalue weighted by atomic mass is 35.5. The molecule has 1 spiro atoms. The van der Waals surface area contributed by atoms with E-state index >= 15 is 0 Å². The van der Waals surface area contributed by atoms with Crippen LogP contribution in [0, 0.1) is 0 Å². The molecule has 0 N–H and O–H groups in total. The highest BCUT2D eigenvalue weighted by Crippen LogP contribution is 2.43. The van der Waals surface area contributed by atoms with Crippen LogP contribution in [0.2, 0.25) is 0 Å². The molecule has 2 aliphatic rings. The molecule has 1 fully saturated rings. The van der Waals surface area contributed by atoms with Gasteiger partial charge in [-0.05, 0) is 62.2 Å². The Kier molecular flexibility index (Phi) is 6.72. The molecule has 2 aromatic carbocycles. The summed E-state index contributed by atoms with van der Waals surface area (Å²) in [5, 5.41) is 0. The Labute approximate surface area is 180 Å². The Bertz CT molecular complexity index is 952. The molecule has 2 aromatic rings. The van der Waals surface area contributed by atoms with Crippen LogP contribution in [0.25, 0.3) is 6.08 Å². The fraction of sp³-hybridized carbons (Fsp3) is 0.391. The molecular weight excluding hydrogens is 404 g/mol. The highest BCUT2D eigenvalue weighted by molar-refractivity contribution is 7.92. The van der Waals surface area contributed by atoms with Gasteiger partial charge in [-0.25, -0.2) is 8.42 Å². The fourth-order valence-electron chi connectivity index (χ4n) is 4.57. The summed E-state index contributed by atoms with van der Waals surface area (Å²) in [4.78, 5) is 2.48. The molecule has 6 heteroatoms. The first-order valence-electron chi connectivity index (χ1n) is 10.0. The number of fused-ring (bicyclic) bond motifs is 2. The predicted molar refractivity (Wildman–Crippen MR) is 123 cm³/mol. The number of anilines is 1. The van der Waals surface area contributed by atoms with Crippen molar-refractivity contribution in [1.29, 1.82) is 0 Å². The standard InChI is InChI=1S/C23H28N2O2S.ClH/c1-28(26,27)25(21-9-3-2-4-10-21)17-7-16-24-18-14-23(15-19-24)13-12-20-8-5-6-11-22(20)23;/h2-6,8-13H,7,14-19H2,1H3;1H. The minimum Gasteiger partial charge on any atom is -0.303 e. The normalized spacial score (nSPS) is 17.7. The molecule has 0 bridgehead atoms. The molecule has 0 amide bonds. The van der Waals surface area contributed by atoms with E-state index in [9.17, 15) is 8.42 Å². The van der Waals surface area contributed by atoms with Gasteiger partial charge in [0.15, 0.2) is 0 Å². The Balaban J connectivity index is 0.00000240. The number of likely N-dealkylation sites (tertiary alicyclic amines) is 1. The lowest BCUT2D eigenvalue weighted by Crippen LogP contribution is -2.42. The van der Waals surface area contributed by atoms with Crippen LogP contribution < -0.4 is 4.31 Å². The van der Waals surface area contributed by atoms with Gasteiger partial charge in [0.2, 0.25) is 10.0 Å². The van der Waals surface area contributed by atoms with Gasteiger partial charge in [0, 0.05) is 12.0 Å². The summed E-state index contributed by atoms with van der Waals surface area (Å²) in [6.07, 6.45) is 9.06. The summed E-state index contributed by atoms with van der Waals surface area (Å²) in [5.41, 5.74) is 3.79. The molecule has 0 unspecified atom stereocenters. The van der Waals surface area contributed by atoms with Crippen molar-refractivity contribution < 1.29 is 8.42 Å². The Morgan fingerprint density at radius 2 is 1.66 bits per heavy atom. The number of allylic oxidation sites excluding steroid dienone is 1. The maximum Gasteiger partial charge on any atom is 0.232 e. The van der Waals surface area contributed by atoms with Crippen LogP contribution in [0.1, 0.15) is 30.4 Å². The van der Waals surface area contributed by atoms with Crippen LogP contribution in [0.4, 0.5) is 5.69 Å².